The number of sulfonamides is 1. The molecule has 2 aromatic carbocycles. The highest BCUT2D eigenvalue weighted by Gasteiger charge is 2.31. The highest BCUT2D eigenvalue weighted by atomic mass is 32.2. The van der Waals surface area contributed by atoms with Gasteiger partial charge in [0.15, 0.2) is 0 Å². The Balaban J connectivity index is 1.91. The van der Waals surface area contributed by atoms with Gasteiger partial charge in [-0.1, -0.05) is 0 Å². The van der Waals surface area contributed by atoms with Gasteiger partial charge in [-0.25, -0.2) is 12.8 Å². The molecule has 0 aliphatic carbocycles. The smallest absolute Gasteiger partial charge is 0.353 e. The van der Waals surface area contributed by atoms with Gasteiger partial charge in [-0.2, -0.15) is 18.3 Å². The number of rotatable bonds is 6. The third-order valence-electron chi connectivity index (χ3n) is 5.49. The summed E-state index contributed by atoms with van der Waals surface area (Å²) in [5.41, 5.74) is -0.163. The Morgan fingerprint density at radius 2 is 1.69 bits per heavy atom. The maximum absolute atomic E-state index is 14.6. The number of hydrogen-bond acceptors (Lipinski definition) is 5. The Morgan fingerprint density at radius 1 is 1.00 bits per heavy atom. The third kappa shape index (κ3) is 4.91. The van der Waals surface area contributed by atoms with Crippen LogP contribution in [-0.4, -0.2) is 28.5 Å². The fourth-order valence-corrected chi connectivity index (χ4v) is 4.30. The number of nitrogens with one attached hydrogen (secondary N) is 2. The Kier molecular flexibility index (Phi) is 6.29. The van der Waals surface area contributed by atoms with Crippen molar-refractivity contribution < 1.29 is 26.0 Å². The summed E-state index contributed by atoms with van der Waals surface area (Å²) >= 11 is 0. The Morgan fingerprint density at radius 3 is 2.33 bits per heavy atom. The monoisotopic (exact) mass is 523 g/mol. The van der Waals surface area contributed by atoms with Gasteiger partial charge in [0.1, 0.15) is 11.3 Å². The molecule has 0 fully saturated rings. The number of halogens is 4. The van der Waals surface area contributed by atoms with Gasteiger partial charge in [0, 0.05) is 49.0 Å². The molecule has 4 rings (SSSR count). The van der Waals surface area contributed by atoms with Gasteiger partial charge in [-0.05, 0) is 43.3 Å². The van der Waals surface area contributed by atoms with Gasteiger partial charge in [0.25, 0.3) is 5.56 Å². The van der Waals surface area contributed by atoms with E-state index in [0.717, 1.165) is 12.1 Å². The van der Waals surface area contributed by atoms with Crippen molar-refractivity contribution >= 4 is 38.0 Å². The molecule has 4 aromatic rings. The van der Waals surface area contributed by atoms with E-state index in [1.54, 1.807) is 7.05 Å². The van der Waals surface area contributed by atoms with E-state index in [2.05, 4.69) is 15.1 Å². The van der Waals surface area contributed by atoms with Crippen LogP contribution in [0.5, 0.6) is 0 Å². The number of nitrogens with zero attached hydrogens (tertiary/aromatic N) is 3. The predicted molar refractivity (Wildman–Crippen MR) is 129 cm³/mol. The SMILES string of the molecule is CCS(=O)(=O)Nc1ccc(Nc2ccc(C(F)(F)F)cc2F)c(-c2cn(C)c(=O)c3cn(C)nc23)c1. The average Bonchev–Trinajstić information content (AvgIpc) is 3.19. The van der Waals surface area contributed by atoms with E-state index in [1.807, 2.05) is 0 Å². The van der Waals surface area contributed by atoms with Gasteiger partial charge in [-0.15, -0.1) is 0 Å². The zero-order valence-electron chi connectivity index (χ0n) is 19.3. The minimum Gasteiger partial charge on any atom is -0.353 e. The second-order valence-corrected chi connectivity index (χ2v) is 10.1. The highest BCUT2D eigenvalue weighted by Crippen LogP contribution is 2.37. The molecular formula is C23H21F4N5O3S. The van der Waals surface area contributed by atoms with E-state index in [-0.39, 0.29) is 28.4 Å². The number of aromatic nitrogens is 3. The number of alkyl halides is 3. The van der Waals surface area contributed by atoms with Crippen LogP contribution in [0.2, 0.25) is 0 Å². The quantitative estimate of drug-likeness (QED) is 0.360. The summed E-state index contributed by atoms with van der Waals surface area (Å²) in [6.07, 6.45) is -1.67. The summed E-state index contributed by atoms with van der Waals surface area (Å²) in [7, 11) is -0.471. The van der Waals surface area contributed by atoms with Crippen molar-refractivity contribution in [2.24, 2.45) is 14.1 Å². The largest absolute Gasteiger partial charge is 0.416 e. The lowest BCUT2D eigenvalue weighted by Crippen LogP contribution is -2.16. The molecule has 2 N–H and O–H groups in total. The molecule has 0 radical (unpaired) electrons. The molecule has 36 heavy (non-hydrogen) atoms. The summed E-state index contributed by atoms with van der Waals surface area (Å²) in [5.74, 6) is -1.31. The first-order chi connectivity index (χ1) is 16.8. The van der Waals surface area contributed by atoms with Gasteiger partial charge in [0.2, 0.25) is 10.0 Å². The van der Waals surface area contributed by atoms with E-state index in [9.17, 15) is 30.8 Å². The summed E-state index contributed by atoms with van der Waals surface area (Å²) in [6, 6.07) is 6.46. The van der Waals surface area contributed by atoms with Crippen LogP contribution in [0.1, 0.15) is 12.5 Å². The molecule has 0 unspecified atom stereocenters. The van der Waals surface area contributed by atoms with E-state index < -0.39 is 27.6 Å². The zero-order chi connectivity index (χ0) is 26.4. The van der Waals surface area contributed by atoms with Crippen LogP contribution in [0.4, 0.5) is 34.6 Å². The first kappa shape index (κ1) is 25.2. The van der Waals surface area contributed by atoms with Crippen LogP contribution < -0.4 is 15.6 Å². The van der Waals surface area contributed by atoms with Crippen molar-refractivity contribution in [3.8, 4) is 11.1 Å². The molecule has 0 saturated heterocycles. The number of pyridine rings is 1. The first-order valence-electron chi connectivity index (χ1n) is 10.6. The molecule has 0 amide bonds. The molecule has 8 nitrogen and oxygen atoms in total. The normalized spacial score (nSPS) is 12.2. The van der Waals surface area contributed by atoms with Gasteiger partial charge in [0.05, 0.1) is 22.4 Å². The Hall–Kier alpha value is -3.87. The van der Waals surface area contributed by atoms with Crippen molar-refractivity contribution in [3.63, 3.8) is 0 Å². The van der Waals surface area contributed by atoms with Gasteiger partial charge < -0.3 is 9.88 Å². The topological polar surface area (TPSA) is 98.0 Å². The summed E-state index contributed by atoms with van der Waals surface area (Å²) in [5, 5.41) is 7.44. The van der Waals surface area contributed by atoms with Crippen LogP contribution in [0.15, 0.2) is 53.6 Å². The maximum Gasteiger partial charge on any atom is 0.416 e. The van der Waals surface area contributed by atoms with Crippen LogP contribution in [0, 0.1) is 5.82 Å². The van der Waals surface area contributed by atoms with Crippen molar-refractivity contribution in [2.45, 2.75) is 13.1 Å². The fourth-order valence-electron chi connectivity index (χ4n) is 3.67. The lowest BCUT2D eigenvalue weighted by Gasteiger charge is -2.17. The van der Waals surface area contributed by atoms with E-state index in [0.29, 0.717) is 28.1 Å². The molecule has 0 spiro atoms. The summed E-state index contributed by atoms with van der Waals surface area (Å²) in [6.45, 7) is 1.47. The zero-order valence-corrected chi connectivity index (χ0v) is 20.1. The summed E-state index contributed by atoms with van der Waals surface area (Å²) < 4.78 is 83.0. The molecule has 0 atom stereocenters. The minimum absolute atomic E-state index is 0.177. The Bertz CT molecular complexity index is 1640. The number of fused-ring (bicyclic) bond motifs is 1. The second-order valence-electron chi connectivity index (χ2n) is 8.11. The van der Waals surface area contributed by atoms with Crippen LogP contribution >= 0.6 is 0 Å². The van der Waals surface area contributed by atoms with Crippen molar-refractivity contribution in [3.05, 3.63) is 70.5 Å². The average molecular weight is 524 g/mol. The number of hydrogen-bond donors (Lipinski definition) is 2. The lowest BCUT2D eigenvalue weighted by molar-refractivity contribution is -0.137. The molecule has 0 bridgehead atoms. The first-order valence-corrected chi connectivity index (χ1v) is 12.3. The Labute approximate surface area is 203 Å². The van der Waals surface area contributed by atoms with E-state index in [1.165, 1.54) is 53.8 Å². The van der Waals surface area contributed by atoms with Gasteiger partial charge >= 0.3 is 6.18 Å². The summed E-state index contributed by atoms with van der Waals surface area (Å²) in [4.78, 5) is 12.6. The molecule has 2 aromatic heterocycles. The van der Waals surface area contributed by atoms with Crippen molar-refractivity contribution in [2.75, 3.05) is 15.8 Å². The lowest BCUT2D eigenvalue weighted by atomic mass is 10.0. The number of benzene rings is 2. The predicted octanol–water partition coefficient (Wildman–Crippen LogP) is 4.60. The van der Waals surface area contributed by atoms with E-state index >= 15 is 0 Å². The number of aryl methyl sites for hydroxylation is 2. The molecule has 2 heterocycles. The fraction of sp³-hybridized carbons (Fsp3) is 0.217. The highest BCUT2D eigenvalue weighted by molar-refractivity contribution is 7.92. The molecule has 0 aliphatic heterocycles. The molecule has 0 saturated carbocycles. The number of anilines is 3. The van der Waals surface area contributed by atoms with Crippen LogP contribution in [-0.2, 0) is 30.3 Å². The second kappa shape index (κ2) is 8.97. The minimum atomic E-state index is -4.71. The van der Waals surface area contributed by atoms with Crippen molar-refractivity contribution in [1.82, 2.24) is 14.3 Å². The molecule has 0 aliphatic rings. The standard InChI is InChI=1S/C23H21F4N5O3S/c1-4-36(34,35)30-14-6-8-19(28-20-7-5-13(9-18(20)24)23(25,26)27)15(10-14)16-11-31(2)22(33)17-12-32(3)29-21(16)17/h5-12,28,30H,4H2,1-3H3. The molecular weight excluding hydrogens is 502 g/mol. The molecule has 13 heteroatoms. The van der Waals surface area contributed by atoms with Crippen LogP contribution in [0.3, 0.4) is 0 Å². The van der Waals surface area contributed by atoms with E-state index in [4.69, 9.17) is 0 Å². The molecule has 190 valence electrons. The third-order valence-corrected chi connectivity index (χ3v) is 6.79. The van der Waals surface area contributed by atoms with Crippen molar-refractivity contribution in [1.29, 1.82) is 0 Å². The maximum atomic E-state index is 14.6. The van der Waals surface area contributed by atoms with Crippen LogP contribution in [0.25, 0.3) is 22.0 Å². The van der Waals surface area contributed by atoms with Gasteiger partial charge in [-0.3, -0.25) is 14.2 Å².